The van der Waals surface area contributed by atoms with E-state index >= 15 is 0 Å². The Labute approximate surface area is 110 Å². The molecule has 0 amide bonds. The van der Waals surface area contributed by atoms with Crippen molar-refractivity contribution in [1.82, 2.24) is 19.7 Å². The summed E-state index contributed by atoms with van der Waals surface area (Å²) in [7, 11) is 0. The molecule has 3 heterocycles. The molecular weight excluding hydrogens is 246 g/mol. The summed E-state index contributed by atoms with van der Waals surface area (Å²) < 4.78 is 2.11. The zero-order chi connectivity index (χ0) is 12.5. The molecule has 0 saturated carbocycles. The molecule has 2 N–H and O–H groups in total. The number of hydrogen-bond acceptors (Lipinski definition) is 5. The predicted molar refractivity (Wildman–Crippen MR) is 71.1 cm³/mol. The van der Waals surface area contributed by atoms with E-state index in [2.05, 4.69) is 43.4 Å². The van der Waals surface area contributed by atoms with E-state index in [0.29, 0.717) is 0 Å². The first-order valence-electron chi connectivity index (χ1n) is 6.14. The minimum Gasteiger partial charge on any atom is -0.326 e. The van der Waals surface area contributed by atoms with Crippen LogP contribution in [0.15, 0.2) is 23.2 Å². The molecule has 2 aromatic rings. The molecule has 0 saturated heterocycles. The number of rotatable bonds is 3. The third-order valence-electron chi connectivity index (χ3n) is 3.44. The van der Waals surface area contributed by atoms with Crippen molar-refractivity contribution in [3.8, 4) is 0 Å². The highest BCUT2D eigenvalue weighted by Gasteiger charge is 2.28. The normalized spacial score (nSPS) is 19.4. The number of fused-ring (bicyclic) bond motifs is 1. The molecule has 2 atom stereocenters. The third kappa shape index (κ3) is 2.07. The molecular formula is C12H17N5S. The van der Waals surface area contributed by atoms with Crippen molar-refractivity contribution in [2.24, 2.45) is 5.73 Å². The number of nitrogens with zero attached hydrogens (tertiary/aromatic N) is 4. The van der Waals surface area contributed by atoms with Gasteiger partial charge in [-0.2, -0.15) is 11.3 Å². The molecule has 0 aromatic carbocycles. The van der Waals surface area contributed by atoms with Gasteiger partial charge in [-0.05, 0) is 29.3 Å². The highest BCUT2D eigenvalue weighted by molar-refractivity contribution is 7.07. The maximum Gasteiger partial charge on any atom is 0.147 e. The van der Waals surface area contributed by atoms with Gasteiger partial charge in [-0.3, -0.25) is 4.90 Å². The number of thiophene rings is 1. The minimum atomic E-state index is 0.106. The number of hydrogen-bond donors (Lipinski definition) is 1. The van der Waals surface area contributed by atoms with Gasteiger partial charge in [-0.1, -0.05) is 0 Å². The lowest BCUT2D eigenvalue weighted by Crippen LogP contribution is -2.43. The Hall–Kier alpha value is -1.24. The fraction of sp³-hybridized carbons (Fsp3) is 0.500. The van der Waals surface area contributed by atoms with E-state index in [4.69, 9.17) is 5.73 Å². The van der Waals surface area contributed by atoms with Crippen molar-refractivity contribution in [2.45, 2.75) is 32.1 Å². The average molecular weight is 263 g/mol. The van der Waals surface area contributed by atoms with Crippen LogP contribution in [0.3, 0.4) is 0 Å². The fourth-order valence-corrected chi connectivity index (χ4v) is 3.30. The van der Waals surface area contributed by atoms with Crippen LogP contribution in [0.5, 0.6) is 0 Å². The zero-order valence-electron chi connectivity index (χ0n) is 10.4. The van der Waals surface area contributed by atoms with Crippen LogP contribution in [0, 0.1) is 0 Å². The standard InChI is InChI=1S/C12H17N5S/c1-9(13)12(10-2-5-18-7-10)16-3-4-17-8-14-15-11(17)6-16/h2,5,7-9,12H,3-4,6,13H2,1H3. The largest absolute Gasteiger partial charge is 0.326 e. The van der Waals surface area contributed by atoms with E-state index in [9.17, 15) is 0 Å². The smallest absolute Gasteiger partial charge is 0.147 e. The summed E-state index contributed by atoms with van der Waals surface area (Å²) in [5, 5.41) is 12.4. The first-order chi connectivity index (χ1) is 8.75. The molecule has 0 aliphatic carbocycles. The summed E-state index contributed by atoms with van der Waals surface area (Å²) in [6.07, 6.45) is 1.80. The van der Waals surface area contributed by atoms with Crippen molar-refractivity contribution in [2.75, 3.05) is 6.54 Å². The quantitative estimate of drug-likeness (QED) is 0.905. The summed E-state index contributed by atoms with van der Waals surface area (Å²) in [5.41, 5.74) is 7.48. The van der Waals surface area contributed by atoms with Gasteiger partial charge in [-0.25, -0.2) is 0 Å². The topological polar surface area (TPSA) is 60.0 Å². The van der Waals surface area contributed by atoms with E-state index in [-0.39, 0.29) is 12.1 Å². The number of nitrogens with two attached hydrogens (primary N) is 1. The molecule has 0 spiro atoms. The van der Waals surface area contributed by atoms with Crippen LogP contribution in [0.25, 0.3) is 0 Å². The SMILES string of the molecule is CC(N)C(c1ccsc1)N1CCn2cnnc2C1. The summed E-state index contributed by atoms with van der Waals surface area (Å²) in [6.45, 7) is 4.83. The molecule has 0 bridgehead atoms. The van der Waals surface area contributed by atoms with Crippen LogP contribution in [0.4, 0.5) is 0 Å². The van der Waals surface area contributed by atoms with E-state index < -0.39 is 0 Å². The van der Waals surface area contributed by atoms with Crippen LogP contribution in [0.2, 0.25) is 0 Å². The van der Waals surface area contributed by atoms with Crippen molar-refractivity contribution in [1.29, 1.82) is 0 Å². The van der Waals surface area contributed by atoms with Crippen LogP contribution in [0.1, 0.15) is 24.4 Å². The van der Waals surface area contributed by atoms with Crippen molar-refractivity contribution < 1.29 is 0 Å². The number of aromatic nitrogens is 3. The molecule has 6 heteroatoms. The Bertz CT molecular complexity index is 504. The maximum atomic E-state index is 6.17. The van der Waals surface area contributed by atoms with E-state index in [0.717, 1.165) is 25.5 Å². The monoisotopic (exact) mass is 263 g/mol. The molecule has 5 nitrogen and oxygen atoms in total. The first kappa shape index (κ1) is 11.8. The third-order valence-corrected chi connectivity index (χ3v) is 4.15. The second-order valence-corrected chi connectivity index (χ2v) is 5.55. The van der Waals surface area contributed by atoms with Gasteiger partial charge in [0.25, 0.3) is 0 Å². The molecule has 1 aliphatic rings. The van der Waals surface area contributed by atoms with Gasteiger partial charge in [-0.15, -0.1) is 10.2 Å². The van der Waals surface area contributed by atoms with Crippen LogP contribution < -0.4 is 5.73 Å². The summed E-state index contributed by atoms with van der Waals surface area (Å²) in [6, 6.07) is 2.54. The van der Waals surface area contributed by atoms with Crippen molar-refractivity contribution >= 4 is 11.3 Å². The molecule has 3 rings (SSSR count). The van der Waals surface area contributed by atoms with Gasteiger partial charge in [0.1, 0.15) is 12.2 Å². The lowest BCUT2D eigenvalue weighted by atomic mass is 10.0. The Morgan fingerprint density at radius 3 is 3.06 bits per heavy atom. The van der Waals surface area contributed by atoms with Gasteiger partial charge in [0, 0.05) is 19.1 Å². The lowest BCUT2D eigenvalue weighted by Gasteiger charge is -2.36. The van der Waals surface area contributed by atoms with E-state index in [1.807, 2.05) is 0 Å². The highest BCUT2D eigenvalue weighted by Crippen LogP contribution is 2.28. The maximum absolute atomic E-state index is 6.17. The fourth-order valence-electron chi connectivity index (χ4n) is 2.61. The second kappa shape index (κ2) is 4.79. The molecule has 0 fully saturated rings. The summed E-state index contributed by atoms with van der Waals surface area (Å²) >= 11 is 1.72. The van der Waals surface area contributed by atoms with E-state index in [1.165, 1.54) is 5.56 Å². The van der Waals surface area contributed by atoms with Gasteiger partial charge in [0.15, 0.2) is 0 Å². The molecule has 96 valence electrons. The zero-order valence-corrected chi connectivity index (χ0v) is 11.2. The summed E-state index contributed by atoms with van der Waals surface area (Å²) in [4.78, 5) is 2.40. The summed E-state index contributed by atoms with van der Waals surface area (Å²) in [5.74, 6) is 1.03. The van der Waals surface area contributed by atoms with Gasteiger partial charge < -0.3 is 10.3 Å². The van der Waals surface area contributed by atoms with Crippen LogP contribution in [-0.2, 0) is 13.1 Å². The molecule has 2 unspecified atom stereocenters. The molecule has 18 heavy (non-hydrogen) atoms. The highest BCUT2D eigenvalue weighted by atomic mass is 32.1. The molecule has 0 radical (unpaired) electrons. The first-order valence-corrected chi connectivity index (χ1v) is 7.08. The van der Waals surface area contributed by atoms with Gasteiger partial charge >= 0.3 is 0 Å². The molecule has 1 aliphatic heterocycles. The van der Waals surface area contributed by atoms with Crippen LogP contribution >= 0.6 is 11.3 Å². The average Bonchev–Trinajstić information content (AvgIpc) is 2.98. The Kier molecular flexibility index (Phi) is 3.15. The van der Waals surface area contributed by atoms with Crippen molar-refractivity contribution in [3.63, 3.8) is 0 Å². The Balaban J connectivity index is 1.85. The minimum absolute atomic E-state index is 0.106. The van der Waals surface area contributed by atoms with Crippen LogP contribution in [-0.4, -0.2) is 32.3 Å². The van der Waals surface area contributed by atoms with Gasteiger partial charge in [0.05, 0.1) is 12.6 Å². The lowest BCUT2D eigenvalue weighted by molar-refractivity contribution is 0.136. The van der Waals surface area contributed by atoms with Gasteiger partial charge in [0.2, 0.25) is 0 Å². The Morgan fingerprint density at radius 1 is 1.44 bits per heavy atom. The van der Waals surface area contributed by atoms with Crippen molar-refractivity contribution in [3.05, 3.63) is 34.5 Å². The molecule has 2 aromatic heterocycles. The second-order valence-electron chi connectivity index (χ2n) is 4.77. The Morgan fingerprint density at radius 2 is 2.33 bits per heavy atom. The van der Waals surface area contributed by atoms with E-state index in [1.54, 1.807) is 17.7 Å². The predicted octanol–water partition coefficient (Wildman–Crippen LogP) is 1.24.